The van der Waals surface area contributed by atoms with Crippen molar-refractivity contribution in [1.29, 1.82) is 5.26 Å². The van der Waals surface area contributed by atoms with Crippen LogP contribution in [-0.2, 0) is 11.2 Å². The van der Waals surface area contributed by atoms with Crippen molar-refractivity contribution in [3.05, 3.63) is 46.5 Å². The molecule has 7 nitrogen and oxygen atoms in total. The van der Waals surface area contributed by atoms with Gasteiger partial charge in [-0.3, -0.25) is 9.89 Å². The maximum Gasteiger partial charge on any atom is 0.274 e. The molecule has 4 rings (SSSR count). The lowest BCUT2D eigenvalue weighted by atomic mass is 9.98. The number of nitrogens with zero attached hydrogens (tertiary/aromatic N) is 3. The molecule has 0 bridgehead atoms. The molecule has 0 spiro atoms. The molecule has 2 aliphatic heterocycles. The number of halogens is 1. The third kappa shape index (κ3) is 3.83. The minimum absolute atomic E-state index is 0.0445. The summed E-state index contributed by atoms with van der Waals surface area (Å²) in [6, 6.07) is 6.08. The highest BCUT2D eigenvalue weighted by atomic mass is 19.1. The Labute approximate surface area is 168 Å². The van der Waals surface area contributed by atoms with Crippen molar-refractivity contribution in [1.82, 2.24) is 15.1 Å². The van der Waals surface area contributed by atoms with Gasteiger partial charge >= 0.3 is 0 Å². The van der Waals surface area contributed by atoms with Crippen LogP contribution in [0.15, 0.2) is 18.2 Å². The zero-order valence-electron chi connectivity index (χ0n) is 16.4. The van der Waals surface area contributed by atoms with Gasteiger partial charge in [0, 0.05) is 37.9 Å². The molecule has 1 N–H and O–H groups in total. The van der Waals surface area contributed by atoms with Crippen LogP contribution in [-0.4, -0.2) is 46.3 Å². The third-order valence-corrected chi connectivity index (χ3v) is 5.52. The molecule has 1 amide bonds. The molecule has 29 heavy (non-hydrogen) atoms. The summed E-state index contributed by atoms with van der Waals surface area (Å²) < 4.78 is 25.6. The van der Waals surface area contributed by atoms with Gasteiger partial charge in [0.25, 0.3) is 5.91 Å². The van der Waals surface area contributed by atoms with Crippen LogP contribution in [0.4, 0.5) is 4.39 Å². The number of carbonyl (C=O) groups excluding carboxylic acids is 1. The topological polar surface area (TPSA) is 91.2 Å². The lowest BCUT2D eigenvalue weighted by Crippen LogP contribution is -2.42. The van der Waals surface area contributed by atoms with Crippen LogP contribution in [0.2, 0.25) is 0 Å². The number of hydrogen-bond donors (Lipinski definition) is 1. The van der Waals surface area contributed by atoms with Crippen LogP contribution in [0.25, 0.3) is 0 Å². The molecule has 2 aromatic rings. The lowest BCUT2D eigenvalue weighted by Gasteiger charge is -2.32. The quantitative estimate of drug-likeness (QED) is 0.858. The van der Waals surface area contributed by atoms with Gasteiger partial charge in [0.05, 0.1) is 29.5 Å². The third-order valence-electron chi connectivity index (χ3n) is 5.52. The molecule has 2 atom stereocenters. The SMILES string of the molecule is C[C@@H]1Cc2c(C(=O)N3CCC(Oc4ccc(C#N)cc4F)CC3)n[nH]c2[C@H](C)O1. The van der Waals surface area contributed by atoms with Crippen LogP contribution in [0.5, 0.6) is 5.75 Å². The average Bonchev–Trinajstić information content (AvgIpc) is 3.13. The second-order valence-corrected chi connectivity index (χ2v) is 7.62. The average molecular weight is 398 g/mol. The van der Waals surface area contributed by atoms with Crippen LogP contribution in [0.3, 0.4) is 0 Å². The molecule has 1 fully saturated rings. The van der Waals surface area contributed by atoms with E-state index < -0.39 is 5.82 Å². The second kappa shape index (κ2) is 7.84. The highest BCUT2D eigenvalue weighted by Gasteiger charge is 2.33. The fourth-order valence-corrected chi connectivity index (χ4v) is 4.02. The molecule has 0 saturated carbocycles. The Balaban J connectivity index is 1.39. The minimum Gasteiger partial charge on any atom is -0.487 e. The van der Waals surface area contributed by atoms with E-state index in [1.807, 2.05) is 19.9 Å². The second-order valence-electron chi connectivity index (χ2n) is 7.62. The van der Waals surface area contributed by atoms with E-state index in [0.717, 1.165) is 11.3 Å². The number of ether oxygens (including phenoxy) is 2. The number of benzene rings is 1. The first-order valence-corrected chi connectivity index (χ1v) is 9.84. The number of nitrogens with one attached hydrogen (secondary N) is 1. The van der Waals surface area contributed by atoms with Crippen molar-refractivity contribution >= 4 is 5.91 Å². The molecular formula is C21H23FN4O3. The van der Waals surface area contributed by atoms with Gasteiger partial charge in [-0.15, -0.1) is 0 Å². The summed E-state index contributed by atoms with van der Waals surface area (Å²) in [4.78, 5) is 14.8. The summed E-state index contributed by atoms with van der Waals surface area (Å²) in [6.07, 6.45) is 1.63. The molecule has 2 aliphatic rings. The summed E-state index contributed by atoms with van der Waals surface area (Å²) in [6.45, 7) is 4.98. The molecular weight excluding hydrogens is 375 g/mol. The molecule has 0 unspecified atom stereocenters. The van der Waals surface area contributed by atoms with Gasteiger partial charge in [-0.05, 0) is 32.0 Å². The number of likely N-dealkylation sites (tertiary alicyclic amines) is 1. The van der Waals surface area contributed by atoms with Gasteiger partial charge in [-0.25, -0.2) is 4.39 Å². The predicted molar refractivity (Wildman–Crippen MR) is 102 cm³/mol. The molecule has 8 heteroatoms. The van der Waals surface area contributed by atoms with E-state index in [4.69, 9.17) is 14.7 Å². The highest BCUT2D eigenvalue weighted by molar-refractivity contribution is 5.94. The van der Waals surface area contributed by atoms with Crippen molar-refractivity contribution in [3.63, 3.8) is 0 Å². The summed E-state index contributed by atoms with van der Waals surface area (Å²) >= 11 is 0. The van der Waals surface area contributed by atoms with Gasteiger partial charge in [0.2, 0.25) is 0 Å². The number of hydrogen-bond acceptors (Lipinski definition) is 5. The molecule has 1 aromatic carbocycles. The summed E-state index contributed by atoms with van der Waals surface area (Å²) in [7, 11) is 0. The van der Waals surface area contributed by atoms with Gasteiger partial charge in [0.15, 0.2) is 17.3 Å². The molecule has 1 saturated heterocycles. The largest absolute Gasteiger partial charge is 0.487 e. The smallest absolute Gasteiger partial charge is 0.274 e. The van der Waals surface area contributed by atoms with E-state index in [9.17, 15) is 9.18 Å². The molecule has 152 valence electrons. The zero-order chi connectivity index (χ0) is 20.5. The Morgan fingerprint density at radius 2 is 2.14 bits per heavy atom. The standard InChI is InChI=1S/C21H23FN4O3/c1-12-9-16-19(13(2)28-12)24-25-20(16)21(27)26-7-5-15(6-8-26)29-18-4-3-14(11-23)10-17(18)22/h3-4,10,12-13,15H,5-9H2,1-2H3,(H,24,25)/t12-,13+/m1/s1. The molecule has 0 radical (unpaired) electrons. The van der Waals surface area contributed by atoms with Gasteiger partial charge in [-0.1, -0.05) is 0 Å². The van der Waals surface area contributed by atoms with Gasteiger partial charge < -0.3 is 14.4 Å². The Kier molecular flexibility index (Phi) is 5.24. The Bertz CT molecular complexity index is 959. The first kappa shape index (κ1) is 19.4. The van der Waals surface area contributed by atoms with Crippen LogP contribution >= 0.6 is 0 Å². The number of nitriles is 1. The van der Waals surface area contributed by atoms with E-state index >= 15 is 0 Å². The maximum atomic E-state index is 14.0. The number of rotatable bonds is 3. The fourth-order valence-electron chi connectivity index (χ4n) is 4.02. The summed E-state index contributed by atoms with van der Waals surface area (Å²) in [5.74, 6) is -0.499. The first-order valence-electron chi connectivity index (χ1n) is 9.84. The van der Waals surface area contributed by atoms with Gasteiger partial charge in [0.1, 0.15) is 6.10 Å². The number of H-pyrrole nitrogens is 1. The van der Waals surface area contributed by atoms with Crippen molar-refractivity contribution < 1.29 is 18.7 Å². The Hall–Kier alpha value is -2.92. The number of aromatic nitrogens is 2. The molecule has 1 aromatic heterocycles. The Morgan fingerprint density at radius 1 is 1.38 bits per heavy atom. The summed E-state index contributed by atoms with van der Waals surface area (Å²) in [5, 5.41) is 16.1. The van der Waals surface area contributed by atoms with Crippen LogP contribution < -0.4 is 4.74 Å². The molecule has 0 aliphatic carbocycles. The molecule has 3 heterocycles. The zero-order valence-corrected chi connectivity index (χ0v) is 16.4. The number of carbonyl (C=O) groups is 1. The highest BCUT2D eigenvalue weighted by Crippen LogP contribution is 2.31. The van der Waals surface area contributed by atoms with Crippen LogP contribution in [0, 0.1) is 17.1 Å². The van der Waals surface area contributed by atoms with E-state index in [2.05, 4.69) is 10.2 Å². The van der Waals surface area contributed by atoms with Crippen molar-refractivity contribution in [2.75, 3.05) is 13.1 Å². The van der Waals surface area contributed by atoms with E-state index in [0.29, 0.717) is 38.0 Å². The van der Waals surface area contributed by atoms with Gasteiger partial charge in [-0.2, -0.15) is 10.4 Å². The Morgan fingerprint density at radius 3 is 2.83 bits per heavy atom. The fraction of sp³-hybridized carbons (Fsp3) is 0.476. The van der Waals surface area contributed by atoms with Crippen molar-refractivity contribution in [2.45, 2.75) is 51.4 Å². The van der Waals surface area contributed by atoms with E-state index in [1.54, 1.807) is 4.90 Å². The number of fused-ring (bicyclic) bond motifs is 1. The van der Waals surface area contributed by atoms with Crippen LogP contribution in [0.1, 0.15) is 60.1 Å². The minimum atomic E-state index is -0.545. The van der Waals surface area contributed by atoms with Crippen molar-refractivity contribution in [2.24, 2.45) is 0 Å². The van der Waals surface area contributed by atoms with Crippen molar-refractivity contribution in [3.8, 4) is 11.8 Å². The normalized spacial score (nSPS) is 22.1. The van der Waals surface area contributed by atoms with E-state index in [-0.39, 0.29) is 35.5 Å². The monoisotopic (exact) mass is 398 g/mol. The number of aromatic amines is 1. The maximum absolute atomic E-state index is 14.0. The summed E-state index contributed by atoms with van der Waals surface area (Å²) in [5.41, 5.74) is 2.55. The van der Waals surface area contributed by atoms with E-state index in [1.165, 1.54) is 18.2 Å². The lowest BCUT2D eigenvalue weighted by molar-refractivity contribution is -0.00704. The number of amides is 1. The first-order chi connectivity index (χ1) is 14.0. The number of piperidine rings is 1. The predicted octanol–water partition coefficient (Wildman–Crippen LogP) is 3.13.